The molecule has 5 nitrogen and oxygen atoms in total. The van der Waals surface area contributed by atoms with Crippen molar-refractivity contribution in [2.24, 2.45) is 7.05 Å². The van der Waals surface area contributed by atoms with Crippen LogP contribution in [0.25, 0.3) is 0 Å². The number of nitrogens with zero attached hydrogens (tertiary/aromatic N) is 4. The minimum Gasteiger partial charge on any atom is -0.311 e. The molecule has 0 unspecified atom stereocenters. The summed E-state index contributed by atoms with van der Waals surface area (Å²) in [6, 6.07) is 0. The molecule has 1 aromatic rings. The molecule has 120 valence electrons. The number of nitrogens with one attached hydrogen (secondary N) is 1. The molecule has 0 spiro atoms. The second-order valence-electron chi connectivity index (χ2n) is 6.83. The van der Waals surface area contributed by atoms with Crippen molar-refractivity contribution in [1.29, 1.82) is 0 Å². The van der Waals surface area contributed by atoms with E-state index >= 15 is 0 Å². The van der Waals surface area contributed by atoms with Crippen LogP contribution in [0.5, 0.6) is 0 Å². The van der Waals surface area contributed by atoms with Crippen LogP contribution in [0.15, 0.2) is 6.20 Å². The predicted octanol–water partition coefficient (Wildman–Crippen LogP) is 1.10. The molecule has 1 saturated heterocycles. The summed E-state index contributed by atoms with van der Waals surface area (Å²) in [5.74, 6) is 0. The molecular formula is C16H31N5. The zero-order valence-corrected chi connectivity index (χ0v) is 14.3. The monoisotopic (exact) mass is 293 g/mol. The number of aryl methyl sites for hydroxylation is 2. The lowest BCUT2D eigenvalue weighted by Gasteiger charge is -2.43. The molecule has 1 aromatic heterocycles. The van der Waals surface area contributed by atoms with Gasteiger partial charge in [-0.1, -0.05) is 6.92 Å². The Morgan fingerprint density at radius 1 is 1.19 bits per heavy atom. The third kappa shape index (κ3) is 4.28. The highest BCUT2D eigenvalue weighted by molar-refractivity contribution is 5.16. The number of likely N-dealkylation sites (N-methyl/N-ethyl adjacent to an activating group) is 1. The lowest BCUT2D eigenvalue weighted by Crippen LogP contribution is -2.57. The molecule has 0 aliphatic carbocycles. The minimum atomic E-state index is 0.204. The Balaban J connectivity index is 1.84. The van der Waals surface area contributed by atoms with Crippen molar-refractivity contribution in [3.63, 3.8) is 0 Å². The fourth-order valence-electron chi connectivity index (χ4n) is 3.06. The van der Waals surface area contributed by atoms with Gasteiger partial charge in [-0.2, -0.15) is 5.10 Å². The first-order chi connectivity index (χ1) is 9.92. The molecule has 1 aliphatic heterocycles. The second-order valence-corrected chi connectivity index (χ2v) is 6.83. The van der Waals surface area contributed by atoms with Crippen molar-refractivity contribution < 1.29 is 0 Å². The molecule has 1 aliphatic rings. The van der Waals surface area contributed by atoms with E-state index in [1.807, 2.05) is 11.7 Å². The Morgan fingerprint density at radius 2 is 1.86 bits per heavy atom. The smallest absolute Gasteiger partial charge is 0.0666 e. The maximum Gasteiger partial charge on any atom is 0.0666 e. The lowest BCUT2D eigenvalue weighted by molar-refractivity contribution is 0.0618. The number of rotatable bonds is 6. The first-order valence-electron chi connectivity index (χ1n) is 8.08. The minimum absolute atomic E-state index is 0.204. The first kappa shape index (κ1) is 16.5. The second kappa shape index (κ2) is 6.90. The van der Waals surface area contributed by atoms with Gasteiger partial charge < -0.3 is 10.2 Å². The van der Waals surface area contributed by atoms with E-state index in [0.29, 0.717) is 0 Å². The van der Waals surface area contributed by atoms with Crippen LogP contribution in [0.1, 0.15) is 32.0 Å². The average molecular weight is 293 g/mol. The summed E-state index contributed by atoms with van der Waals surface area (Å²) >= 11 is 0. The molecule has 2 heterocycles. The van der Waals surface area contributed by atoms with E-state index in [-0.39, 0.29) is 5.54 Å². The summed E-state index contributed by atoms with van der Waals surface area (Å²) in [5.41, 5.74) is 2.74. The maximum atomic E-state index is 4.50. The Labute approximate surface area is 129 Å². The van der Waals surface area contributed by atoms with Crippen LogP contribution in [0.3, 0.4) is 0 Å². The molecule has 21 heavy (non-hydrogen) atoms. The van der Waals surface area contributed by atoms with Crippen LogP contribution in [-0.4, -0.2) is 64.9 Å². The highest BCUT2D eigenvalue weighted by atomic mass is 15.3. The van der Waals surface area contributed by atoms with Crippen molar-refractivity contribution in [2.45, 2.75) is 39.3 Å². The van der Waals surface area contributed by atoms with Gasteiger partial charge in [-0.25, -0.2) is 0 Å². The Morgan fingerprint density at radius 3 is 2.48 bits per heavy atom. The Bertz CT molecular complexity index is 444. The summed E-state index contributed by atoms with van der Waals surface area (Å²) in [4.78, 5) is 5.01. The largest absolute Gasteiger partial charge is 0.311 e. The molecule has 5 heteroatoms. The number of hydrogen-bond donors (Lipinski definition) is 1. The maximum absolute atomic E-state index is 4.50. The van der Waals surface area contributed by atoms with Crippen LogP contribution in [0, 0.1) is 0 Å². The highest BCUT2D eigenvalue weighted by Crippen LogP contribution is 2.16. The average Bonchev–Trinajstić information content (AvgIpc) is 2.79. The SMILES string of the molecule is CCc1nn(C)cc1CNCC(C)(C)N1CCN(C)CC1. The van der Waals surface area contributed by atoms with Gasteiger partial charge >= 0.3 is 0 Å². The third-order valence-electron chi connectivity index (χ3n) is 4.56. The highest BCUT2D eigenvalue weighted by Gasteiger charge is 2.28. The van der Waals surface area contributed by atoms with E-state index < -0.39 is 0 Å². The lowest BCUT2D eigenvalue weighted by atomic mass is 10.0. The van der Waals surface area contributed by atoms with Crippen molar-refractivity contribution in [3.05, 3.63) is 17.5 Å². The van der Waals surface area contributed by atoms with E-state index in [9.17, 15) is 0 Å². The van der Waals surface area contributed by atoms with Gasteiger partial charge in [0.05, 0.1) is 5.69 Å². The topological polar surface area (TPSA) is 36.3 Å². The van der Waals surface area contributed by atoms with Gasteiger partial charge in [0.15, 0.2) is 0 Å². The van der Waals surface area contributed by atoms with Crippen LogP contribution in [-0.2, 0) is 20.0 Å². The number of hydrogen-bond acceptors (Lipinski definition) is 4. The number of piperazine rings is 1. The Kier molecular flexibility index (Phi) is 5.41. The number of aromatic nitrogens is 2. The summed E-state index contributed by atoms with van der Waals surface area (Å²) in [7, 11) is 4.20. The normalized spacial score (nSPS) is 18.3. The van der Waals surface area contributed by atoms with Gasteiger partial charge in [0.2, 0.25) is 0 Å². The van der Waals surface area contributed by atoms with E-state index in [2.05, 4.69) is 54.2 Å². The summed E-state index contributed by atoms with van der Waals surface area (Å²) in [5, 5.41) is 8.13. The molecule has 0 radical (unpaired) electrons. The van der Waals surface area contributed by atoms with Crippen LogP contribution < -0.4 is 5.32 Å². The van der Waals surface area contributed by atoms with Crippen LogP contribution >= 0.6 is 0 Å². The van der Waals surface area contributed by atoms with Gasteiger partial charge in [0.25, 0.3) is 0 Å². The zero-order chi connectivity index (χ0) is 15.5. The zero-order valence-electron chi connectivity index (χ0n) is 14.3. The van der Waals surface area contributed by atoms with Crippen LogP contribution in [0.4, 0.5) is 0 Å². The van der Waals surface area contributed by atoms with E-state index in [1.165, 1.54) is 24.3 Å². The molecule has 1 fully saturated rings. The van der Waals surface area contributed by atoms with Crippen molar-refractivity contribution in [3.8, 4) is 0 Å². The van der Waals surface area contributed by atoms with Crippen molar-refractivity contribution in [2.75, 3.05) is 39.8 Å². The summed E-state index contributed by atoms with van der Waals surface area (Å²) < 4.78 is 1.92. The van der Waals surface area contributed by atoms with Crippen molar-refractivity contribution in [1.82, 2.24) is 24.9 Å². The predicted molar refractivity (Wildman–Crippen MR) is 87.4 cm³/mol. The van der Waals surface area contributed by atoms with Gasteiger partial charge in [0, 0.05) is 63.6 Å². The first-order valence-corrected chi connectivity index (χ1v) is 8.08. The molecule has 0 aromatic carbocycles. The molecular weight excluding hydrogens is 262 g/mol. The Hall–Kier alpha value is -0.910. The van der Waals surface area contributed by atoms with Crippen LogP contribution in [0.2, 0.25) is 0 Å². The van der Waals surface area contributed by atoms with Gasteiger partial charge in [-0.3, -0.25) is 9.58 Å². The molecule has 2 rings (SSSR count). The third-order valence-corrected chi connectivity index (χ3v) is 4.56. The fourth-order valence-corrected chi connectivity index (χ4v) is 3.06. The van der Waals surface area contributed by atoms with E-state index in [1.54, 1.807) is 0 Å². The van der Waals surface area contributed by atoms with Gasteiger partial charge in [-0.15, -0.1) is 0 Å². The van der Waals surface area contributed by atoms with E-state index in [4.69, 9.17) is 0 Å². The molecule has 0 saturated carbocycles. The molecule has 0 bridgehead atoms. The quantitative estimate of drug-likeness (QED) is 0.852. The van der Waals surface area contributed by atoms with Crippen molar-refractivity contribution >= 4 is 0 Å². The summed E-state index contributed by atoms with van der Waals surface area (Å²) in [6.07, 6.45) is 3.13. The fraction of sp³-hybridized carbons (Fsp3) is 0.812. The standard InChI is InChI=1S/C16H31N5/c1-6-15-14(12-20(5)18-15)11-17-13-16(2,3)21-9-7-19(4)8-10-21/h12,17H,6-11,13H2,1-5H3. The van der Waals surface area contributed by atoms with Gasteiger partial charge in [-0.05, 0) is 27.3 Å². The van der Waals surface area contributed by atoms with Gasteiger partial charge in [0.1, 0.15) is 0 Å². The summed E-state index contributed by atoms with van der Waals surface area (Å²) in [6.45, 7) is 13.4. The van der Waals surface area contributed by atoms with E-state index in [0.717, 1.165) is 32.6 Å². The molecule has 0 atom stereocenters. The molecule has 1 N–H and O–H groups in total. The molecule has 0 amide bonds.